The Bertz CT molecular complexity index is 1290. The first-order valence-corrected chi connectivity index (χ1v) is 12.3. The van der Waals surface area contributed by atoms with Crippen molar-refractivity contribution in [3.63, 3.8) is 0 Å². The van der Waals surface area contributed by atoms with Crippen LogP contribution in [0.5, 0.6) is 0 Å². The van der Waals surface area contributed by atoms with Gasteiger partial charge < -0.3 is 15.0 Å². The summed E-state index contributed by atoms with van der Waals surface area (Å²) in [6, 6.07) is 6.68. The highest BCUT2D eigenvalue weighted by atomic mass is 32.1. The molecule has 1 aliphatic carbocycles. The van der Waals surface area contributed by atoms with Crippen LogP contribution in [0.3, 0.4) is 0 Å². The molecular weight excluding hydrogens is 452 g/mol. The molecule has 8 nitrogen and oxygen atoms in total. The van der Waals surface area contributed by atoms with E-state index in [1.807, 2.05) is 19.0 Å². The average molecular weight is 483 g/mol. The van der Waals surface area contributed by atoms with Crippen LogP contribution in [0.25, 0.3) is 10.2 Å². The minimum Gasteiger partial charge on any atom is -0.462 e. The molecule has 1 unspecified atom stereocenters. The Labute approximate surface area is 202 Å². The first-order chi connectivity index (χ1) is 16.3. The maximum absolute atomic E-state index is 13.7. The number of aryl methyl sites for hydroxylation is 1. The van der Waals surface area contributed by atoms with Gasteiger partial charge in [-0.25, -0.2) is 9.78 Å². The molecule has 180 valence electrons. The predicted octanol–water partition coefficient (Wildman–Crippen LogP) is 3.46. The molecule has 4 rings (SSSR count). The van der Waals surface area contributed by atoms with E-state index in [2.05, 4.69) is 12.2 Å². The largest absolute Gasteiger partial charge is 0.462 e. The lowest BCUT2D eigenvalue weighted by Crippen LogP contribution is -2.33. The van der Waals surface area contributed by atoms with Crippen molar-refractivity contribution in [2.75, 3.05) is 26.0 Å². The predicted molar refractivity (Wildman–Crippen MR) is 133 cm³/mol. The van der Waals surface area contributed by atoms with Crippen molar-refractivity contribution in [3.05, 3.63) is 56.4 Å². The Kier molecular flexibility index (Phi) is 7.13. The first kappa shape index (κ1) is 24.1. The summed E-state index contributed by atoms with van der Waals surface area (Å²) in [7, 11) is 3.80. The lowest BCUT2D eigenvalue weighted by atomic mass is 9.89. The number of anilines is 1. The summed E-state index contributed by atoms with van der Waals surface area (Å²) in [6.45, 7) is 4.43. The number of thiophene rings is 1. The lowest BCUT2D eigenvalue weighted by molar-refractivity contribution is -0.116. The van der Waals surface area contributed by atoms with Crippen LogP contribution in [0.1, 0.15) is 46.9 Å². The molecule has 9 heteroatoms. The lowest BCUT2D eigenvalue weighted by Gasteiger charge is -2.18. The van der Waals surface area contributed by atoms with Crippen molar-refractivity contribution in [2.45, 2.75) is 46.2 Å². The number of para-hydroxylation sites is 1. The van der Waals surface area contributed by atoms with Gasteiger partial charge in [-0.2, -0.15) is 0 Å². The zero-order valence-corrected chi connectivity index (χ0v) is 20.8. The molecule has 1 N–H and O–H groups in total. The number of ether oxygens (including phenoxy) is 1. The number of carbonyl (C=O) groups is 2. The van der Waals surface area contributed by atoms with Crippen molar-refractivity contribution >= 4 is 39.1 Å². The Morgan fingerprint density at radius 2 is 2.06 bits per heavy atom. The van der Waals surface area contributed by atoms with Gasteiger partial charge in [0, 0.05) is 4.88 Å². The van der Waals surface area contributed by atoms with Crippen molar-refractivity contribution in [2.24, 2.45) is 5.92 Å². The number of benzene rings is 1. The summed E-state index contributed by atoms with van der Waals surface area (Å²) in [5, 5.41) is 3.43. The SMILES string of the molecule is CCOC(=O)c1ccccc1NC(=O)Cn1c(CN(C)C)nc2sc3c(c2c1=O)CCC(C)C3. The van der Waals surface area contributed by atoms with Gasteiger partial charge in [-0.15, -0.1) is 11.3 Å². The van der Waals surface area contributed by atoms with Crippen molar-refractivity contribution in [1.29, 1.82) is 0 Å². The fourth-order valence-corrected chi connectivity index (χ4v) is 5.74. The number of fused-ring (bicyclic) bond motifs is 3. The highest BCUT2D eigenvalue weighted by Gasteiger charge is 2.25. The van der Waals surface area contributed by atoms with Gasteiger partial charge in [0.15, 0.2) is 0 Å². The molecule has 2 heterocycles. The maximum Gasteiger partial charge on any atom is 0.340 e. The third-order valence-corrected chi connectivity index (χ3v) is 7.10. The molecule has 34 heavy (non-hydrogen) atoms. The number of nitrogens with zero attached hydrogens (tertiary/aromatic N) is 3. The minimum absolute atomic E-state index is 0.178. The molecule has 0 saturated carbocycles. The molecule has 0 fully saturated rings. The Hall–Kier alpha value is -3.04. The third kappa shape index (κ3) is 4.90. The highest BCUT2D eigenvalue weighted by Crippen LogP contribution is 2.35. The minimum atomic E-state index is -0.508. The summed E-state index contributed by atoms with van der Waals surface area (Å²) in [5.41, 5.74) is 1.54. The van der Waals surface area contributed by atoms with E-state index in [-0.39, 0.29) is 24.3 Å². The second-order valence-corrected chi connectivity index (χ2v) is 10.1. The molecular formula is C25H30N4O4S. The monoisotopic (exact) mass is 482 g/mol. The van der Waals surface area contributed by atoms with Crippen LogP contribution in [0, 0.1) is 5.92 Å². The van der Waals surface area contributed by atoms with Gasteiger partial charge in [0.25, 0.3) is 5.56 Å². The average Bonchev–Trinajstić information content (AvgIpc) is 3.13. The van der Waals surface area contributed by atoms with Crippen LogP contribution in [0.2, 0.25) is 0 Å². The second kappa shape index (κ2) is 10.1. The van der Waals surface area contributed by atoms with Gasteiger partial charge in [-0.1, -0.05) is 19.1 Å². The maximum atomic E-state index is 13.7. The number of rotatable bonds is 7. The number of carbonyl (C=O) groups excluding carboxylic acids is 2. The summed E-state index contributed by atoms with van der Waals surface area (Å²) in [4.78, 5) is 47.7. The van der Waals surface area contributed by atoms with E-state index in [9.17, 15) is 14.4 Å². The molecule has 1 amide bonds. The topological polar surface area (TPSA) is 93.5 Å². The number of esters is 1. The van der Waals surface area contributed by atoms with Crippen LogP contribution < -0.4 is 10.9 Å². The summed E-state index contributed by atoms with van der Waals surface area (Å²) >= 11 is 1.60. The third-order valence-electron chi connectivity index (χ3n) is 5.95. The molecule has 0 aliphatic heterocycles. The van der Waals surface area contributed by atoms with E-state index in [0.717, 1.165) is 29.7 Å². The van der Waals surface area contributed by atoms with Crippen LogP contribution in [-0.4, -0.2) is 47.0 Å². The fourth-order valence-electron chi connectivity index (χ4n) is 4.34. The number of amides is 1. The molecule has 0 radical (unpaired) electrons. The molecule has 1 aromatic carbocycles. The van der Waals surface area contributed by atoms with Crippen molar-refractivity contribution in [1.82, 2.24) is 14.5 Å². The molecule has 3 aromatic rings. The normalized spacial score (nSPS) is 15.4. The van der Waals surface area contributed by atoms with Gasteiger partial charge >= 0.3 is 5.97 Å². The van der Waals surface area contributed by atoms with Gasteiger partial charge in [-0.3, -0.25) is 14.2 Å². The quantitative estimate of drug-likeness (QED) is 0.519. The summed E-state index contributed by atoms with van der Waals surface area (Å²) in [6.07, 6.45) is 2.87. The van der Waals surface area contributed by atoms with E-state index < -0.39 is 11.9 Å². The Balaban J connectivity index is 1.70. The second-order valence-electron chi connectivity index (χ2n) is 9.00. The Morgan fingerprint density at radius 3 is 2.79 bits per heavy atom. The van der Waals surface area contributed by atoms with Crippen molar-refractivity contribution in [3.8, 4) is 0 Å². The van der Waals surface area contributed by atoms with E-state index in [1.54, 1.807) is 42.5 Å². The molecule has 0 saturated heterocycles. The van der Waals surface area contributed by atoms with E-state index in [0.29, 0.717) is 29.4 Å². The molecule has 2 aromatic heterocycles. The van der Waals surface area contributed by atoms with Crippen LogP contribution >= 0.6 is 11.3 Å². The highest BCUT2D eigenvalue weighted by molar-refractivity contribution is 7.18. The number of hydrogen-bond donors (Lipinski definition) is 1. The smallest absolute Gasteiger partial charge is 0.340 e. The van der Waals surface area contributed by atoms with Crippen LogP contribution in [-0.2, 0) is 35.5 Å². The van der Waals surface area contributed by atoms with Crippen LogP contribution in [0.4, 0.5) is 5.69 Å². The summed E-state index contributed by atoms with van der Waals surface area (Å²) in [5.74, 6) is 0.223. The molecule has 0 spiro atoms. The zero-order valence-electron chi connectivity index (χ0n) is 20.0. The number of aromatic nitrogens is 2. The number of nitrogens with one attached hydrogen (secondary N) is 1. The van der Waals surface area contributed by atoms with Gasteiger partial charge in [0.1, 0.15) is 17.2 Å². The molecule has 1 atom stereocenters. The van der Waals surface area contributed by atoms with E-state index in [4.69, 9.17) is 9.72 Å². The van der Waals surface area contributed by atoms with Gasteiger partial charge in [0.2, 0.25) is 5.91 Å². The number of hydrogen-bond acceptors (Lipinski definition) is 7. The first-order valence-electron chi connectivity index (χ1n) is 11.5. The zero-order chi connectivity index (χ0) is 24.4. The summed E-state index contributed by atoms with van der Waals surface area (Å²) < 4.78 is 6.56. The molecule has 0 bridgehead atoms. The van der Waals surface area contributed by atoms with Crippen LogP contribution in [0.15, 0.2) is 29.1 Å². The van der Waals surface area contributed by atoms with E-state index >= 15 is 0 Å². The molecule has 1 aliphatic rings. The van der Waals surface area contributed by atoms with Gasteiger partial charge in [-0.05, 0) is 63.9 Å². The Morgan fingerprint density at radius 1 is 1.29 bits per heavy atom. The standard InChI is InChI=1S/C25H30N4O4S/c1-5-33-25(32)16-8-6-7-9-18(16)26-21(30)14-29-20(13-28(3)4)27-23-22(24(29)31)17-11-10-15(2)12-19(17)34-23/h6-9,15H,5,10-14H2,1-4H3,(H,26,30). The van der Waals surface area contributed by atoms with E-state index in [1.165, 1.54) is 9.44 Å². The van der Waals surface area contributed by atoms with Crippen molar-refractivity contribution < 1.29 is 14.3 Å². The fraction of sp³-hybridized carbons (Fsp3) is 0.440. The van der Waals surface area contributed by atoms with Gasteiger partial charge in [0.05, 0.1) is 29.8 Å².